The van der Waals surface area contributed by atoms with Crippen LogP contribution in [0.15, 0.2) is 41.1 Å². The van der Waals surface area contributed by atoms with E-state index in [1.54, 1.807) is 30.5 Å². The Kier molecular flexibility index (Phi) is 6.35. The molecule has 8 heteroatoms. The molecule has 0 radical (unpaired) electrons. The van der Waals surface area contributed by atoms with Gasteiger partial charge in [0.2, 0.25) is 0 Å². The minimum absolute atomic E-state index is 0.244. The third-order valence-corrected chi connectivity index (χ3v) is 3.69. The number of anilines is 1. The summed E-state index contributed by atoms with van der Waals surface area (Å²) >= 11 is 3.22. The molecule has 1 amide bonds. The molecule has 0 bridgehead atoms. The summed E-state index contributed by atoms with van der Waals surface area (Å²) < 4.78 is 16.1. The average Bonchev–Trinajstić information content (AvgIpc) is 2.61. The highest BCUT2D eigenvalue weighted by molar-refractivity contribution is 9.10. The molecule has 0 aliphatic rings. The van der Waals surface area contributed by atoms with Crippen LogP contribution >= 0.6 is 15.9 Å². The summed E-state index contributed by atoms with van der Waals surface area (Å²) in [6.07, 6.45) is 1.90. The molecule has 0 aliphatic carbocycles. The lowest BCUT2D eigenvalue weighted by atomic mass is 10.2. The van der Waals surface area contributed by atoms with Crippen molar-refractivity contribution in [1.82, 2.24) is 4.98 Å². The maximum absolute atomic E-state index is 12.3. The molecule has 0 saturated carbocycles. The number of pyridine rings is 1. The summed E-state index contributed by atoms with van der Waals surface area (Å²) in [6, 6.07) is 6.55. The third-order valence-electron chi connectivity index (χ3n) is 3.26. The predicted molar refractivity (Wildman–Crippen MR) is 95.0 cm³/mol. The molecule has 1 heterocycles. The summed E-state index contributed by atoms with van der Waals surface area (Å²) in [5.41, 5.74) is 0.659. The lowest BCUT2D eigenvalue weighted by Gasteiger charge is -2.16. The van der Waals surface area contributed by atoms with Gasteiger partial charge in [-0.3, -0.25) is 9.78 Å². The van der Waals surface area contributed by atoms with Gasteiger partial charge in [0, 0.05) is 22.9 Å². The fraction of sp³-hybridized carbons (Fsp3) is 0.235. The second-order valence-electron chi connectivity index (χ2n) is 4.99. The van der Waals surface area contributed by atoms with Crippen LogP contribution in [-0.4, -0.2) is 37.2 Å². The van der Waals surface area contributed by atoms with Gasteiger partial charge in [0.1, 0.15) is 11.5 Å². The highest BCUT2D eigenvalue weighted by Crippen LogP contribution is 2.29. The number of halogens is 1. The van der Waals surface area contributed by atoms with E-state index in [1.165, 1.54) is 27.3 Å². The molecule has 7 nitrogen and oxygen atoms in total. The Morgan fingerprint density at radius 1 is 1.16 bits per heavy atom. The van der Waals surface area contributed by atoms with Gasteiger partial charge in [-0.25, -0.2) is 4.79 Å². The van der Waals surface area contributed by atoms with E-state index in [0.717, 1.165) is 0 Å². The van der Waals surface area contributed by atoms with E-state index < -0.39 is 18.0 Å². The highest BCUT2D eigenvalue weighted by Gasteiger charge is 2.20. The molecule has 0 aliphatic heterocycles. The van der Waals surface area contributed by atoms with Gasteiger partial charge in [0.15, 0.2) is 6.10 Å². The van der Waals surface area contributed by atoms with Gasteiger partial charge in [-0.1, -0.05) is 0 Å². The zero-order valence-electron chi connectivity index (χ0n) is 13.9. The number of ether oxygens (including phenoxy) is 3. The molecule has 132 valence electrons. The van der Waals surface area contributed by atoms with Crippen LogP contribution in [0.25, 0.3) is 0 Å². The molecule has 0 spiro atoms. The number of benzene rings is 1. The van der Waals surface area contributed by atoms with Crippen molar-refractivity contribution in [3.8, 4) is 11.5 Å². The molecule has 1 aromatic heterocycles. The van der Waals surface area contributed by atoms with Crippen molar-refractivity contribution < 1.29 is 23.8 Å². The van der Waals surface area contributed by atoms with Crippen LogP contribution in [0.2, 0.25) is 0 Å². The van der Waals surface area contributed by atoms with E-state index in [2.05, 4.69) is 26.2 Å². The number of hydrogen-bond donors (Lipinski definition) is 1. The quantitative estimate of drug-likeness (QED) is 0.739. The number of amides is 1. The van der Waals surface area contributed by atoms with Gasteiger partial charge in [-0.15, -0.1) is 0 Å². The number of carbonyl (C=O) groups is 2. The maximum atomic E-state index is 12.3. The minimum atomic E-state index is -1.01. The normalized spacial score (nSPS) is 11.4. The molecule has 1 aromatic carbocycles. The number of aromatic nitrogens is 1. The van der Waals surface area contributed by atoms with E-state index in [1.807, 2.05) is 0 Å². The standard InChI is InChI=1S/C17H17BrN2O5/c1-10(25-17(22)11-6-12(18)9-19-8-11)16(21)20-14-7-13(23-2)4-5-15(14)24-3/h4-10H,1-3H3,(H,20,21). The van der Waals surface area contributed by atoms with E-state index >= 15 is 0 Å². The average molecular weight is 409 g/mol. The Morgan fingerprint density at radius 2 is 1.92 bits per heavy atom. The topological polar surface area (TPSA) is 86.8 Å². The summed E-state index contributed by atoms with van der Waals surface area (Å²) in [5.74, 6) is -0.123. The number of nitrogens with one attached hydrogen (secondary N) is 1. The largest absolute Gasteiger partial charge is 0.497 e. The first-order valence-electron chi connectivity index (χ1n) is 7.29. The first-order chi connectivity index (χ1) is 11.9. The van der Waals surface area contributed by atoms with Gasteiger partial charge >= 0.3 is 5.97 Å². The summed E-state index contributed by atoms with van der Waals surface area (Å²) in [5, 5.41) is 2.66. The van der Waals surface area contributed by atoms with Crippen molar-refractivity contribution >= 4 is 33.5 Å². The predicted octanol–water partition coefficient (Wildman–Crippen LogP) is 3.05. The van der Waals surface area contributed by atoms with Crippen LogP contribution in [0.3, 0.4) is 0 Å². The fourth-order valence-corrected chi connectivity index (χ4v) is 2.32. The first-order valence-corrected chi connectivity index (χ1v) is 8.08. The lowest BCUT2D eigenvalue weighted by Crippen LogP contribution is -2.30. The molecule has 2 rings (SSSR count). The van der Waals surface area contributed by atoms with Crippen LogP contribution in [0.4, 0.5) is 5.69 Å². The zero-order chi connectivity index (χ0) is 18.4. The van der Waals surface area contributed by atoms with Crippen LogP contribution < -0.4 is 14.8 Å². The number of nitrogens with zero attached hydrogens (tertiary/aromatic N) is 1. The Bertz CT molecular complexity index is 781. The zero-order valence-corrected chi connectivity index (χ0v) is 15.5. The summed E-state index contributed by atoms with van der Waals surface area (Å²) in [4.78, 5) is 28.3. The monoisotopic (exact) mass is 408 g/mol. The molecule has 0 fully saturated rings. The van der Waals surface area contributed by atoms with Gasteiger partial charge in [0.05, 0.1) is 25.5 Å². The number of methoxy groups -OCH3 is 2. The molecular weight excluding hydrogens is 392 g/mol. The SMILES string of the molecule is COc1ccc(OC)c(NC(=O)C(C)OC(=O)c2cncc(Br)c2)c1. The molecular formula is C17H17BrN2O5. The molecule has 1 unspecified atom stereocenters. The van der Waals surface area contributed by atoms with Crippen LogP contribution in [0.1, 0.15) is 17.3 Å². The summed E-state index contributed by atoms with van der Waals surface area (Å²) in [6.45, 7) is 1.48. The highest BCUT2D eigenvalue weighted by atomic mass is 79.9. The Hall–Kier alpha value is -2.61. The van der Waals surface area contributed by atoms with Crippen LogP contribution in [0, 0.1) is 0 Å². The van der Waals surface area contributed by atoms with Crippen molar-refractivity contribution in [3.05, 3.63) is 46.7 Å². The number of rotatable bonds is 6. The van der Waals surface area contributed by atoms with Crippen molar-refractivity contribution in [2.45, 2.75) is 13.0 Å². The molecule has 0 saturated heterocycles. The number of carbonyl (C=O) groups excluding carboxylic acids is 2. The molecule has 25 heavy (non-hydrogen) atoms. The van der Waals surface area contributed by atoms with Crippen molar-refractivity contribution in [2.24, 2.45) is 0 Å². The summed E-state index contributed by atoms with van der Waals surface area (Å²) in [7, 11) is 3.00. The maximum Gasteiger partial charge on any atom is 0.340 e. The molecule has 1 atom stereocenters. The fourth-order valence-electron chi connectivity index (χ4n) is 1.95. The van der Waals surface area contributed by atoms with Crippen molar-refractivity contribution in [1.29, 1.82) is 0 Å². The second-order valence-corrected chi connectivity index (χ2v) is 5.91. The van der Waals surface area contributed by atoms with Gasteiger partial charge < -0.3 is 19.5 Å². The first kappa shape index (κ1) is 18.7. The van der Waals surface area contributed by atoms with E-state index in [9.17, 15) is 9.59 Å². The number of hydrogen-bond acceptors (Lipinski definition) is 6. The molecule has 1 N–H and O–H groups in total. The van der Waals surface area contributed by atoms with Crippen molar-refractivity contribution in [2.75, 3.05) is 19.5 Å². The van der Waals surface area contributed by atoms with E-state index in [0.29, 0.717) is 21.7 Å². The lowest BCUT2D eigenvalue weighted by molar-refractivity contribution is -0.123. The molecule has 2 aromatic rings. The number of esters is 1. The third kappa shape index (κ3) is 4.93. The smallest absolute Gasteiger partial charge is 0.340 e. The van der Waals surface area contributed by atoms with Crippen LogP contribution in [0.5, 0.6) is 11.5 Å². The van der Waals surface area contributed by atoms with Crippen molar-refractivity contribution in [3.63, 3.8) is 0 Å². The Labute approximate surface area is 153 Å². The van der Waals surface area contributed by atoms with Gasteiger partial charge in [-0.05, 0) is 41.1 Å². The van der Waals surface area contributed by atoms with Crippen LogP contribution in [-0.2, 0) is 9.53 Å². The Morgan fingerprint density at radius 3 is 2.56 bits per heavy atom. The van der Waals surface area contributed by atoms with Gasteiger partial charge in [-0.2, -0.15) is 0 Å². The Balaban J connectivity index is 2.06. The van der Waals surface area contributed by atoms with Gasteiger partial charge in [0.25, 0.3) is 5.91 Å². The van der Waals surface area contributed by atoms with E-state index in [-0.39, 0.29) is 5.56 Å². The minimum Gasteiger partial charge on any atom is -0.497 e. The van der Waals surface area contributed by atoms with E-state index in [4.69, 9.17) is 14.2 Å². The second kappa shape index (κ2) is 8.48.